The van der Waals surface area contributed by atoms with Gasteiger partial charge in [0.15, 0.2) is 0 Å². The highest BCUT2D eigenvalue weighted by Gasteiger charge is 2.38. The van der Waals surface area contributed by atoms with Crippen molar-refractivity contribution in [3.05, 3.63) is 62.6 Å². The van der Waals surface area contributed by atoms with E-state index in [4.69, 9.17) is 25.1 Å². The van der Waals surface area contributed by atoms with E-state index in [9.17, 15) is 22.8 Å². The van der Waals surface area contributed by atoms with Crippen LogP contribution in [0.15, 0.2) is 29.2 Å². The van der Waals surface area contributed by atoms with Gasteiger partial charge in [0.2, 0.25) is 0 Å². The van der Waals surface area contributed by atoms with Crippen LogP contribution in [0.1, 0.15) is 72.4 Å². The predicted octanol–water partition coefficient (Wildman–Crippen LogP) is 7.14. The molecule has 0 aromatic heterocycles. The molecule has 45 heavy (non-hydrogen) atoms. The second kappa shape index (κ2) is 15.2. The minimum atomic E-state index is -5.08. The Balaban J connectivity index is 0.000000707. The van der Waals surface area contributed by atoms with Gasteiger partial charge in [0.25, 0.3) is 11.1 Å². The number of unbranched alkanes of at least 4 members (excludes halogenated alkanes) is 3. The molecule has 8 nitrogen and oxygen atoms in total. The molecule has 1 saturated heterocycles. The van der Waals surface area contributed by atoms with Crippen molar-refractivity contribution in [3.63, 3.8) is 0 Å². The summed E-state index contributed by atoms with van der Waals surface area (Å²) < 4.78 is 44.6. The number of halogens is 3. The number of nitrogens with zero attached hydrogens (tertiary/aromatic N) is 1. The molecule has 12 heteroatoms. The quantitative estimate of drug-likeness (QED) is 0.206. The number of hydrogen-bond donors (Lipinski definition) is 2. The molecule has 2 aliphatic rings. The maximum absolute atomic E-state index is 12.1. The summed E-state index contributed by atoms with van der Waals surface area (Å²) in [6.45, 7) is 10.0. The number of amides is 2. The Labute approximate surface area is 266 Å². The average Bonchev–Trinajstić information content (AvgIpc) is 3.23. The number of nitrogens with two attached hydrogens (primary N) is 1. The first kappa shape index (κ1) is 36.0. The average molecular weight is 651 g/mol. The molecule has 2 heterocycles. The van der Waals surface area contributed by atoms with E-state index >= 15 is 0 Å². The summed E-state index contributed by atoms with van der Waals surface area (Å²) in [4.78, 5) is 34.3. The van der Waals surface area contributed by atoms with Crippen LogP contribution in [0, 0.1) is 20.8 Å². The van der Waals surface area contributed by atoms with Gasteiger partial charge in [-0.3, -0.25) is 14.5 Å². The van der Waals surface area contributed by atoms with Gasteiger partial charge in [-0.15, -0.1) is 0 Å². The van der Waals surface area contributed by atoms with Crippen molar-refractivity contribution in [2.24, 2.45) is 5.73 Å². The highest BCUT2D eigenvalue weighted by molar-refractivity contribution is 8.18. The Morgan fingerprint density at radius 2 is 1.71 bits per heavy atom. The van der Waals surface area contributed by atoms with Crippen molar-refractivity contribution >= 4 is 35.0 Å². The second-order valence-electron chi connectivity index (χ2n) is 11.6. The van der Waals surface area contributed by atoms with Crippen LogP contribution in [0.25, 0.3) is 6.08 Å². The highest BCUT2D eigenvalue weighted by atomic mass is 32.2. The largest absolute Gasteiger partial charge is 0.490 e. The lowest BCUT2D eigenvalue weighted by Crippen LogP contribution is -2.42. The second-order valence-corrected chi connectivity index (χ2v) is 12.6. The lowest BCUT2D eigenvalue weighted by molar-refractivity contribution is -0.192. The third-order valence-corrected chi connectivity index (χ3v) is 9.08. The monoisotopic (exact) mass is 650 g/mol. The third-order valence-electron chi connectivity index (χ3n) is 8.12. The van der Waals surface area contributed by atoms with E-state index in [2.05, 4.69) is 27.7 Å². The predicted molar refractivity (Wildman–Crippen MR) is 169 cm³/mol. The number of likely N-dealkylation sites (N-methyl/N-ethyl adjacent to an activating group) is 1. The molecule has 4 rings (SSSR count). The number of aliphatic carboxylic acids is 1. The van der Waals surface area contributed by atoms with E-state index in [-0.39, 0.29) is 11.1 Å². The van der Waals surface area contributed by atoms with E-state index in [0.717, 1.165) is 66.0 Å². The van der Waals surface area contributed by atoms with Gasteiger partial charge >= 0.3 is 12.1 Å². The normalized spacial score (nSPS) is 18.8. The first-order valence-electron chi connectivity index (χ1n) is 14.8. The summed E-state index contributed by atoms with van der Waals surface area (Å²) in [5.41, 5.74) is 12.9. The van der Waals surface area contributed by atoms with Crippen LogP contribution < -0.4 is 15.2 Å². The standard InChI is InChI=1S/C31H40N2O4S.C2HF3O2/c1-20-21(2)28-26(22(3)25(20)10-8-6-7-9-17-32)15-16-31(4,37-28)19-36-24-13-11-23(12-14-24)18-27-29(34)33(5)30(35)38-27;3-2(4,5)1(6)7/h11-14,18H,6-10,15-17,19,32H2,1-5H3;(H,6,7)/b27-18+;. The van der Waals surface area contributed by atoms with Crippen LogP contribution in [0.4, 0.5) is 18.0 Å². The fraction of sp³-hybridized carbons (Fsp3) is 0.485. The van der Waals surface area contributed by atoms with Crippen molar-refractivity contribution in [3.8, 4) is 11.5 Å². The Kier molecular flexibility index (Phi) is 12.1. The topological polar surface area (TPSA) is 119 Å². The van der Waals surface area contributed by atoms with Gasteiger partial charge in [-0.25, -0.2) is 4.79 Å². The van der Waals surface area contributed by atoms with E-state index in [1.54, 1.807) is 6.08 Å². The molecule has 2 amide bonds. The summed E-state index contributed by atoms with van der Waals surface area (Å²) in [6.07, 6.45) is 4.39. The molecule has 0 aliphatic carbocycles. The molecule has 0 saturated carbocycles. The summed E-state index contributed by atoms with van der Waals surface area (Å²) in [5.74, 6) is -1.24. The van der Waals surface area contributed by atoms with Gasteiger partial charge < -0.3 is 20.3 Å². The Bertz CT molecular complexity index is 1440. The van der Waals surface area contributed by atoms with Crippen molar-refractivity contribution < 1.29 is 42.1 Å². The van der Waals surface area contributed by atoms with Gasteiger partial charge in [-0.2, -0.15) is 13.2 Å². The molecule has 1 fully saturated rings. The number of carboxylic acid groups (broad SMARTS) is 1. The number of carboxylic acids is 1. The fourth-order valence-corrected chi connectivity index (χ4v) is 6.08. The fourth-order valence-electron chi connectivity index (χ4n) is 5.25. The SMILES string of the molecule is Cc1c(C)c2c(c(C)c1CCCCCCN)CCC(C)(COc1ccc(/C=C3/SC(=O)N(C)C3=O)cc1)O2.O=C(O)C(F)(F)F. The molecule has 0 radical (unpaired) electrons. The highest BCUT2D eigenvalue weighted by Crippen LogP contribution is 2.41. The molecule has 2 aliphatic heterocycles. The molecule has 0 bridgehead atoms. The lowest BCUT2D eigenvalue weighted by Gasteiger charge is -2.38. The summed E-state index contributed by atoms with van der Waals surface area (Å²) in [6, 6.07) is 7.57. The van der Waals surface area contributed by atoms with Crippen molar-refractivity contribution in [2.45, 2.75) is 84.4 Å². The number of carbonyl (C=O) groups is 3. The Hall–Kier alpha value is -3.51. The Morgan fingerprint density at radius 3 is 2.27 bits per heavy atom. The zero-order valence-electron chi connectivity index (χ0n) is 26.3. The van der Waals surface area contributed by atoms with Crippen LogP contribution in [-0.2, 0) is 22.4 Å². The van der Waals surface area contributed by atoms with Crippen LogP contribution in [0.5, 0.6) is 11.5 Å². The summed E-state index contributed by atoms with van der Waals surface area (Å²) in [7, 11) is 1.50. The number of thioether (sulfide) groups is 1. The number of fused-ring (bicyclic) bond motifs is 1. The molecule has 1 atom stereocenters. The molecule has 3 N–H and O–H groups in total. The number of rotatable bonds is 10. The molecule has 246 valence electrons. The van der Waals surface area contributed by atoms with Crippen LogP contribution in [-0.4, -0.2) is 59.1 Å². The molecule has 2 aromatic carbocycles. The number of carbonyl (C=O) groups excluding carboxylic acids is 2. The van der Waals surface area contributed by atoms with Crippen molar-refractivity contribution in [2.75, 3.05) is 20.2 Å². The van der Waals surface area contributed by atoms with Crippen LogP contribution in [0.3, 0.4) is 0 Å². The number of imide groups is 1. The lowest BCUT2D eigenvalue weighted by atomic mass is 9.84. The molecule has 0 spiro atoms. The molecular weight excluding hydrogens is 609 g/mol. The van der Waals surface area contributed by atoms with Gasteiger partial charge in [0, 0.05) is 7.05 Å². The van der Waals surface area contributed by atoms with Crippen molar-refractivity contribution in [1.29, 1.82) is 0 Å². The van der Waals surface area contributed by atoms with Crippen LogP contribution >= 0.6 is 11.8 Å². The first-order chi connectivity index (χ1) is 21.1. The van der Waals surface area contributed by atoms with E-state index < -0.39 is 17.7 Å². The van der Waals surface area contributed by atoms with Gasteiger partial charge in [-0.05, 0) is 130 Å². The van der Waals surface area contributed by atoms with E-state index in [1.807, 2.05) is 24.3 Å². The summed E-state index contributed by atoms with van der Waals surface area (Å²) >= 11 is 0.961. The number of benzene rings is 2. The number of hydrogen-bond acceptors (Lipinski definition) is 7. The van der Waals surface area contributed by atoms with Crippen LogP contribution in [0.2, 0.25) is 0 Å². The van der Waals surface area contributed by atoms with Crippen molar-refractivity contribution in [1.82, 2.24) is 4.90 Å². The Morgan fingerprint density at radius 1 is 1.09 bits per heavy atom. The first-order valence-corrected chi connectivity index (χ1v) is 15.6. The minimum Gasteiger partial charge on any atom is -0.489 e. The third kappa shape index (κ3) is 9.26. The minimum absolute atomic E-state index is 0.251. The van der Waals surface area contributed by atoms with E-state index in [1.165, 1.54) is 54.1 Å². The maximum Gasteiger partial charge on any atom is 0.490 e. The maximum atomic E-state index is 12.1. The molecule has 1 unspecified atom stereocenters. The van der Waals surface area contributed by atoms with Gasteiger partial charge in [-0.1, -0.05) is 25.0 Å². The van der Waals surface area contributed by atoms with Gasteiger partial charge in [0.05, 0.1) is 4.91 Å². The van der Waals surface area contributed by atoms with Gasteiger partial charge in [0.1, 0.15) is 23.7 Å². The molecular formula is C33H41F3N2O6S. The number of alkyl halides is 3. The van der Waals surface area contributed by atoms with E-state index in [0.29, 0.717) is 11.5 Å². The zero-order chi connectivity index (χ0) is 33.5. The summed E-state index contributed by atoms with van der Waals surface area (Å²) in [5, 5.41) is 6.87. The molecule has 2 aromatic rings. The number of ether oxygens (including phenoxy) is 2. The zero-order valence-corrected chi connectivity index (χ0v) is 27.1. The smallest absolute Gasteiger partial charge is 0.489 e.